The summed E-state index contributed by atoms with van der Waals surface area (Å²) in [6.07, 6.45) is 7.44. The zero-order chi connectivity index (χ0) is 26.1. The Hall–Kier alpha value is -2.87. The average molecular weight is 514 g/mol. The minimum Gasteiger partial charge on any atom is -0.352 e. The van der Waals surface area contributed by atoms with Crippen molar-refractivity contribution in [3.05, 3.63) is 65.7 Å². The molecule has 1 atom stereocenters. The van der Waals surface area contributed by atoms with E-state index in [0.29, 0.717) is 18.5 Å². The maximum atomic E-state index is 13.8. The Morgan fingerprint density at radius 3 is 2.22 bits per heavy atom. The molecule has 0 aromatic heterocycles. The number of rotatable bonds is 11. The zero-order valence-corrected chi connectivity index (χ0v) is 22.5. The SMILES string of the molecule is CCc1ccccc1N(CC(=O)N(Cc1ccccc1)[C@@H](CC)C(=O)NC1CCCCC1)S(C)(=O)=O. The molecule has 0 spiro atoms. The molecule has 1 fully saturated rings. The fraction of sp³-hybridized carbons (Fsp3) is 0.500. The largest absolute Gasteiger partial charge is 0.352 e. The minimum absolute atomic E-state index is 0.123. The third kappa shape index (κ3) is 7.32. The molecule has 1 aliphatic carbocycles. The van der Waals surface area contributed by atoms with Gasteiger partial charge in [-0.1, -0.05) is 81.6 Å². The second kappa shape index (κ2) is 12.9. The van der Waals surface area contributed by atoms with Crippen molar-refractivity contribution >= 4 is 27.5 Å². The lowest BCUT2D eigenvalue weighted by Crippen LogP contribution is -2.54. The van der Waals surface area contributed by atoms with Gasteiger partial charge in [-0.3, -0.25) is 13.9 Å². The van der Waals surface area contributed by atoms with Crippen molar-refractivity contribution < 1.29 is 18.0 Å². The molecule has 0 bridgehead atoms. The summed E-state index contributed by atoms with van der Waals surface area (Å²) in [6.45, 7) is 3.70. The molecule has 196 valence electrons. The molecule has 0 aliphatic heterocycles. The van der Waals surface area contributed by atoms with Gasteiger partial charge in [0, 0.05) is 12.6 Å². The Kier molecular flexibility index (Phi) is 9.93. The molecule has 0 unspecified atom stereocenters. The predicted molar refractivity (Wildman–Crippen MR) is 144 cm³/mol. The van der Waals surface area contributed by atoms with Crippen molar-refractivity contribution in [3.8, 4) is 0 Å². The van der Waals surface area contributed by atoms with Crippen molar-refractivity contribution in [2.45, 2.75) is 77.4 Å². The van der Waals surface area contributed by atoms with E-state index in [-0.39, 0.29) is 25.0 Å². The molecular weight excluding hydrogens is 474 g/mol. The van der Waals surface area contributed by atoms with Crippen LogP contribution in [0.3, 0.4) is 0 Å². The van der Waals surface area contributed by atoms with Crippen LogP contribution in [0.2, 0.25) is 0 Å². The van der Waals surface area contributed by atoms with Crippen LogP contribution in [0, 0.1) is 0 Å². The molecule has 2 aromatic rings. The normalized spacial score (nSPS) is 15.2. The maximum absolute atomic E-state index is 13.8. The summed E-state index contributed by atoms with van der Waals surface area (Å²) in [6, 6.07) is 16.1. The van der Waals surface area contributed by atoms with Gasteiger partial charge >= 0.3 is 0 Å². The van der Waals surface area contributed by atoms with Crippen LogP contribution >= 0.6 is 0 Å². The van der Waals surface area contributed by atoms with Gasteiger partial charge in [0.2, 0.25) is 21.8 Å². The first kappa shape index (κ1) is 27.7. The lowest BCUT2D eigenvalue weighted by molar-refractivity contribution is -0.140. The molecule has 0 radical (unpaired) electrons. The van der Waals surface area contributed by atoms with Crippen LogP contribution in [-0.4, -0.2) is 50.0 Å². The summed E-state index contributed by atoms with van der Waals surface area (Å²) in [5, 5.41) is 3.16. The van der Waals surface area contributed by atoms with E-state index in [1.807, 2.05) is 56.3 Å². The summed E-state index contributed by atoms with van der Waals surface area (Å²) in [5.74, 6) is -0.575. The number of sulfonamides is 1. The van der Waals surface area contributed by atoms with Gasteiger partial charge in [0.1, 0.15) is 12.6 Å². The summed E-state index contributed by atoms with van der Waals surface area (Å²) >= 11 is 0. The van der Waals surface area contributed by atoms with Gasteiger partial charge in [0.15, 0.2) is 0 Å². The first-order valence-corrected chi connectivity index (χ1v) is 14.8. The summed E-state index contributed by atoms with van der Waals surface area (Å²) in [5.41, 5.74) is 2.22. The quantitative estimate of drug-likeness (QED) is 0.486. The van der Waals surface area contributed by atoms with E-state index < -0.39 is 22.0 Å². The molecule has 2 amide bonds. The smallest absolute Gasteiger partial charge is 0.244 e. The van der Waals surface area contributed by atoms with Crippen LogP contribution in [-0.2, 0) is 32.6 Å². The Morgan fingerprint density at radius 2 is 1.61 bits per heavy atom. The third-order valence-electron chi connectivity index (χ3n) is 6.85. The van der Waals surface area contributed by atoms with Gasteiger partial charge in [-0.05, 0) is 42.9 Å². The number of amides is 2. The van der Waals surface area contributed by atoms with Gasteiger partial charge in [0.25, 0.3) is 0 Å². The van der Waals surface area contributed by atoms with E-state index >= 15 is 0 Å². The molecule has 0 heterocycles. The standard InChI is InChI=1S/C28H39N3O4S/c1-4-23-16-12-13-19-26(23)31(36(3,34)35)21-27(32)30(20-22-14-8-6-9-15-22)25(5-2)28(33)29-24-17-10-7-11-18-24/h6,8-9,12-16,19,24-25H,4-5,7,10-11,17-18,20-21H2,1-3H3,(H,29,33)/t25-/m0/s1. The van der Waals surface area contributed by atoms with Gasteiger partial charge in [-0.25, -0.2) is 8.42 Å². The highest BCUT2D eigenvalue weighted by Gasteiger charge is 2.33. The van der Waals surface area contributed by atoms with Crippen molar-refractivity contribution in [2.75, 3.05) is 17.1 Å². The maximum Gasteiger partial charge on any atom is 0.244 e. The van der Waals surface area contributed by atoms with Crippen LogP contribution in [0.5, 0.6) is 0 Å². The van der Waals surface area contributed by atoms with Crippen LogP contribution in [0.1, 0.15) is 63.5 Å². The molecule has 1 N–H and O–H groups in total. The molecular formula is C28H39N3O4S. The van der Waals surface area contributed by atoms with E-state index in [1.54, 1.807) is 17.0 Å². The fourth-order valence-corrected chi connectivity index (χ4v) is 5.77. The first-order valence-electron chi connectivity index (χ1n) is 12.9. The number of hydrogen-bond acceptors (Lipinski definition) is 4. The van der Waals surface area contributed by atoms with Crippen molar-refractivity contribution in [3.63, 3.8) is 0 Å². The molecule has 36 heavy (non-hydrogen) atoms. The monoisotopic (exact) mass is 513 g/mol. The molecule has 3 rings (SSSR count). The molecule has 1 saturated carbocycles. The summed E-state index contributed by atoms with van der Waals surface area (Å²) < 4.78 is 26.8. The van der Waals surface area contributed by atoms with Crippen LogP contribution in [0.4, 0.5) is 5.69 Å². The average Bonchev–Trinajstić information content (AvgIpc) is 2.87. The Bertz CT molecular complexity index is 1110. The molecule has 0 saturated heterocycles. The second-order valence-corrected chi connectivity index (χ2v) is 11.4. The molecule has 8 heteroatoms. The second-order valence-electron chi connectivity index (χ2n) is 9.53. The Balaban J connectivity index is 1.91. The highest BCUT2D eigenvalue weighted by molar-refractivity contribution is 7.92. The van der Waals surface area contributed by atoms with E-state index in [1.165, 1.54) is 6.42 Å². The first-order chi connectivity index (χ1) is 17.2. The summed E-state index contributed by atoms with van der Waals surface area (Å²) in [7, 11) is -3.74. The number of carbonyl (C=O) groups is 2. The van der Waals surface area contributed by atoms with Crippen molar-refractivity contribution in [1.82, 2.24) is 10.2 Å². The molecule has 2 aromatic carbocycles. The number of nitrogens with one attached hydrogen (secondary N) is 1. The number of aryl methyl sites for hydroxylation is 1. The minimum atomic E-state index is -3.74. The van der Waals surface area contributed by atoms with Gasteiger partial charge < -0.3 is 10.2 Å². The van der Waals surface area contributed by atoms with Crippen LogP contribution < -0.4 is 9.62 Å². The van der Waals surface area contributed by atoms with E-state index in [4.69, 9.17) is 0 Å². The van der Waals surface area contributed by atoms with Gasteiger partial charge in [0.05, 0.1) is 11.9 Å². The molecule has 7 nitrogen and oxygen atoms in total. The number of anilines is 1. The number of nitrogens with zero attached hydrogens (tertiary/aromatic N) is 2. The van der Waals surface area contributed by atoms with E-state index in [9.17, 15) is 18.0 Å². The Morgan fingerprint density at radius 1 is 0.972 bits per heavy atom. The highest BCUT2D eigenvalue weighted by atomic mass is 32.2. The zero-order valence-electron chi connectivity index (χ0n) is 21.7. The van der Waals surface area contributed by atoms with Gasteiger partial charge in [-0.2, -0.15) is 0 Å². The lowest BCUT2D eigenvalue weighted by atomic mass is 9.95. The van der Waals surface area contributed by atoms with Crippen molar-refractivity contribution in [1.29, 1.82) is 0 Å². The highest BCUT2D eigenvalue weighted by Crippen LogP contribution is 2.25. The van der Waals surface area contributed by atoms with Gasteiger partial charge in [-0.15, -0.1) is 0 Å². The number of hydrogen-bond donors (Lipinski definition) is 1. The molecule has 1 aliphatic rings. The Labute approximate surface area is 215 Å². The predicted octanol–water partition coefficient (Wildman–Crippen LogP) is 4.27. The fourth-order valence-electron chi connectivity index (χ4n) is 4.89. The van der Waals surface area contributed by atoms with E-state index in [2.05, 4.69) is 5.32 Å². The van der Waals surface area contributed by atoms with Crippen LogP contribution in [0.15, 0.2) is 54.6 Å². The number of para-hydroxylation sites is 1. The number of carbonyl (C=O) groups excluding carboxylic acids is 2. The third-order valence-corrected chi connectivity index (χ3v) is 7.98. The lowest BCUT2D eigenvalue weighted by Gasteiger charge is -2.34. The topological polar surface area (TPSA) is 86.8 Å². The summed E-state index contributed by atoms with van der Waals surface area (Å²) in [4.78, 5) is 28.8. The van der Waals surface area contributed by atoms with Crippen molar-refractivity contribution in [2.24, 2.45) is 0 Å². The number of benzene rings is 2. The van der Waals surface area contributed by atoms with Crippen LogP contribution in [0.25, 0.3) is 0 Å². The van der Waals surface area contributed by atoms with E-state index in [0.717, 1.165) is 47.4 Å².